The SMILES string of the molecule is CSN1CCC(CN)C1. The summed E-state index contributed by atoms with van der Waals surface area (Å²) in [6.45, 7) is 3.28. The lowest BCUT2D eigenvalue weighted by molar-refractivity contribution is 0.530. The van der Waals surface area contributed by atoms with Crippen molar-refractivity contribution in [3.8, 4) is 0 Å². The van der Waals surface area contributed by atoms with Crippen molar-refractivity contribution >= 4 is 11.9 Å². The molecule has 54 valence electrons. The van der Waals surface area contributed by atoms with Crippen LogP contribution in [-0.2, 0) is 0 Å². The summed E-state index contributed by atoms with van der Waals surface area (Å²) in [5, 5.41) is 0. The van der Waals surface area contributed by atoms with E-state index < -0.39 is 0 Å². The molecule has 0 saturated carbocycles. The summed E-state index contributed by atoms with van der Waals surface area (Å²) < 4.78 is 2.37. The normalized spacial score (nSPS) is 29.3. The average Bonchev–Trinajstić information content (AvgIpc) is 2.34. The highest BCUT2D eigenvalue weighted by Crippen LogP contribution is 2.19. The first-order chi connectivity index (χ1) is 4.36. The summed E-state index contributed by atoms with van der Waals surface area (Å²) in [5.74, 6) is 0.762. The maximum atomic E-state index is 5.51. The van der Waals surface area contributed by atoms with Crippen LogP contribution in [-0.4, -0.2) is 30.2 Å². The van der Waals surface area contributed by atoms with Crippen molar-refractivity contribution in [1.29, 1.82) is 0 Å². The Hall–Kier alpha value is 0.270. The van der Waals surface area contributed by atoms with E-state index in [1.807, 2.05) is 11.9 Å². The van der Waals surface area contributed by atoms with Gasteiger partial charge < -0.3 is 5.73 Å². The molecular formula is C6H14N2S. The van der Waals surface area contributed by atoms with E-state index in [9.17, 15) is 0 Å². The highest BCUT2D eigenvalue weighted by Gasteiger charge is 2.19. The molecular weight excluding hydrogens is 132 g/mol. The Morgan fingerprint density at radius 1 is 1.78 bits per heavy atom. The summed E-state index contributed by atoms with van der Waals surface area (Å²) in [7, 11) is 0. The van der Waals surface area contributed by atoms with Gasteiger partial charge in [0.15, 0.2) is 0 Å². The van der Waals surface area contributed by atoms with Crippen LogP contribution in [0.3, 0.4) is 0 Å². The molecule has 1 atom stereocenters. The van der Waals surface area contributed by atoms with E-state index in [1.54, 1.807) is 0 Å². The van der Waals surface area contributed by atoms with E-state index in [0.29, 0.717) is 0 Å². The minimum atomic E-state index is 0.762. The van der Waals surface area contributed by atoms with Gasteiger partial charge in [-0.15, -0.1) is 0 Å². The van der Waals surface area contributed by atoms with Crippen molar-refractivity contribution < 1.29 is 0 Å². The number of hydrogen-bond donors (Lipinski definition) is 1. The highest BCUT2D eigenvalue weighted by molar-refractivity contribution is 7.96. The van der Waals surface area contributed by atoms with E-state index in [-0.39, 0.29) is 0 Å². The molecule has 2 N–H and O–H groups in total. The molecule has 1 heterocycles. The van der Waals surface area contributed by atoms with Crippen LogP contribution in [0.1, 0.15) is 6.42 Å². The molecule has 2 nitrogen and oxygen atoms in total. The molecule has 9 heavy (non-hydrogen) atoms. The lowest BCUT2D eigenvalue weighted by Gasteiger charge is -2.09. The number of nitrogens with two attached hydrogens (primary N) is 1. The van der Waals surface area contributed by atoms with Gasteiger partial charge in [-0.1, -0.05) is 11.9 Å². The van der Waals surface area contributed by atoms with Gasteiger partial charge in [0.25, 0.3) is 0 Å². The highest BCUT2D eigenvalue weighted by atomic mass is 32.2. The van der Waals surface area contributed by atoms with E-state index in [2.05, 4.69) is 10.6 Å². The fraction of sp³-hybridized carbons (Fsp3) is 1.00. The van der Waals surface area contributed by atoms with E-state index in [0.717, 1.165) is 12.5 Å². The van der Waals surface area contributed by atoms with Crippen molar-refractivity contribution in [2.24, 2.45) is 11.7 Å². The van der Waals surface area contributed by atoms with Crippen LogP contribution < -0.4 is 5.73 Å². The predicted octanol–water partition coefficient (Wildman–Crippen LogP) is 0.545. The van der Waals surface area contributed by atoms with Crippen LogP contribution in [0, 0.1) is 5.92 Å². The van der Waals surface area contributed by atoms with Gasteiger partial charge in [0.05, 0.1) is 0 Å². The van der Waals surface area contributed by atoms with Crippen molar-refractivity contribution in [1.82, 2.24) is 4.31 Å². The monoisotopic (exact) mass is 146 g/mol. The molecule has 0 aromatic heterocycles. The molecule has 1 rings (SSSR count). The Kier molecular flexibility index (Phi) is 2.82. The van der Waals surface area contributed by atoms with Gasteiger partial charge in [0.1, 0.15) is 0 Å². The molecule has 0 aliphatic carbocycles. The Morgan fingerprint density at radius 3 is 2.89 bits per heavy atom. The topological polar surface area (TPSA) is 29.3 Å². The third kappa shape index (κ3) is 1.85. The second kappa shape index (κ2) is 3.44. The third-order valence-electron chi connectivity index (χ3n) is 1.84. The van der Waals surface area contributed by atoms with Gasteiger partial charge in [-0.05, 0) is 25.1 Å². The number of hydrogen-bond acceptors (Lipinski definition) is 3. The van der Waals surface area contributed by atoms with Crippen LogP contribution in [0.4, 0.5) is 0 Å². The van der Waals surface area contributed by atoms with Gasteiger partial charge in [0, 0.05) is 13.1 Å². The van der Waals surface area contributed by atoms with E-state index in [1.165, 1.54) is 19.5 Å². The summed E-state index contributed by atoms with van der Waals surface area (Å²) >= 11 is 1.83. The summed E-state index contributed by atoms with van der Waals surface area (Å²) in [4.78, 5) is 0. The Labute approximate surface area is 60.9 Å². The van der Waals surface area contributed by atoms with E-state index >= 15 is 0 Å². The van der Waals surface area contributed by atoms with Crippen LogP contribution in [0.25, 0.3) is 0 Å². The van der Waals surface area contributed by atoms with Crippen LogP contribution >= 0.6 is 11.9 Å². The Balaban J connectivity index is 2.20. The molecule has 1 aliphatic rings. The van der Waals surface area contributed by atoms with Gasteiger partial charge >= 0.3 is 0 Å². The molecule has 0 spiro atoms. The van der Waals surface area contributed by atoms with Crippen molar-refractivity contribution in [2.45, 2.75) is 6.42 Å². The maximum absolute atomic E-state index is 5.51. The van der Waals surface area contributed by atoms with Crippen LogP contribution in [0.5, 0.6) is 0 Å². The zero-order valence-electron chi connectivity index (χ0n) is 5.84. The number of nitrogens with zero attached hydrogens (tertiary/aromatic N) is 1. The minimum Gasteiger partial charge on any atom is -0.330 e. The molecule has 1 fully saturated rings. The second-order valence-corrected chi connectivity index (χ2v) is 3.34. The molecule has 1 unspecified atom stereocenters. The minimum absolute atomic E-state index is 0.762. The summed E-state index contributed by atoms with van der Waals surface area (Å²) in [5.41, 5.74) is 5.51. The van der Waals surface area contributed by atoms with Gasteiger partial charge in [-0.3, -0.25) is 4.31 Å². The largest absolute Gasteiger partial charge is 0.330 e. The molecule has 0 radical (unpaired) electrons. The predicted molar refractivity (Wildman–Crippen MR) is 42.2 cm³/mol. The molecule has 0 bridgehead atoms. The van der Waals surface area contributed by atoms with Crippen LogP contribution in [0.15, 0.2) is 0 Å². The van der Waals surface area contributed by atoms with Crippen molar-refractivity contribution in [3.05, 3.63) is 0 Å². The molecule has 0 aromatic rings. The lowest BCUT2D eigenvalue weighted by atomic mass is 10.1. The fourth-order valence-electron chi connectivity index (χ4n) is 1.16. The first kappa shape index (κ1) is 7.38. The smallest absolute Gasteiger partial charge is 0.0130 e. The van der Waals surface area contributed by atoms with E-state index in [4.69, 9.17) is 5.73 Å². The zero-order valence-corrected chi connectivity index (χ0v) is 6.66. The number of rotatable bonds is 2. The van der Waals surface area contributed by atoms with Gasteiger partial charge in [-0.25, -0.2) is 0 Å². The van der Waals surface area contributed by atoms with Crippen molar-refractivity contribution in [3.63, 3.8) is 0 Å². The quantitative estimate of drug-likeness (QED) is 0.577. The molecule has 0 amide bonds. The maximum Gasteiger partial charge on any atom is 0.0130 e. The lowest BCUT2D eigenvalue weighted by Crippen LogP contribution is -2.17. The summed E-state index contributed by atoms with van der Waals surface area (Å²) in [6.07, 6.45) is 3.41. The van der Waals surface area contributed by atoms with Crippen molar-refractivity contribution in [2.75, 3.05) is 25.9 Å². The molecule has 1 aliphatic heterocycles. The van der Waals surface area contributed by atoms with Gasteiger partial charge in [0.2, 0.25) is 0 Å². The summed E-state index contributed by atoms with van der Waals surface area (Å²) in [6, 6.07) is 0. The zero-order chi connectivity index (χ0) is 6.69. The Morgan fingerprint density at radius 2 is 2.56 bits per heavy atom. The molecule has 0 aromatic carbocycles. The third-order valence-corrected chi connectivity index (χ3v) is 2.69. The second-order valence-electron chi connectivity index (χ2n) is 2.46. The fourth-order valence-corrected chi connectivity index (χ4v) is 1.80. The van der Waals surface area contributed by atoms with Crippen LogP contribution in [0.2, 0.25) is 0 Å². The molecule has 1 saturated heterocycles. The first-order valence-corrected chi connectivity index (χ1v) is 4.54. The Bertz CT molecular complexity index is 77.1. The van der Waals surface area contributed by atoms with Gasteiger partial charge in [-0.2, -0.15) is 0 Å². The average molecular weight is 146 g/mol. The first-order valence-electron chi connectivity index (χ1n) is 3.36. The molecule has 3 heteroatoms. The standard InChI is InChI=1S/C6H14N2S/c1-9-8-3-2-6(4-7)5-8/h6H,2-5,7H2,1H3.